The quantitative estimate of drug-likeness (QED) is 0.508. The summed E-state index contributed by atoms with van der Waals surface area (Å²) in [4.78, 5) is 25.9. The second-order valence-electron chi connectivity index (χ2n) is 5.35. The average Bonchev–Trinajstić information content (AvgIpc) is 2.49. The lowest BCUT2D eigenvalue weighted by Gasteiger charge is -2.30. The zero-order valence-electron chi connectivity index (χ0n) is 12.4. The van der Waals surface area contributed by atoms with Gasteiger partial charge in [0.2, 0.25) is 0 Å². The molecular weight excluding hydrogens is 268 g/mol. The molecule has 1 heterocycles. The molecule has 5 nitrogen and oxygen atoms in total. The lowest BCUT2D eigenvalue weighted by Crippen LogP contribution is -2.39. The van der Waals surface area contributed by atoms with E-state index in [1.165, 1.54) is 0 Å². The van der Waals surface area contributed by atoms with Crippen molar-refractivity contribution >= 4 is 17.4 Å². The van der Waals surface area contributed by atoms with Crippen molar-refractivity contribution in [3.63, 3.8) is 0 Å². The number of ether oxygens (including phenoxy) is 1. The topological polar surface area (TPSA) is 72.6 Å². The number of nitrogens with two attached hydrogens (primary N) is 1. The maximum Gasteiger partial charge on any atom is 0.309 e. The number of nitrogen functional groups attached to an aromatic ring is 1. The first-order valence-electron chi connectivity index (χ1n) is 7.38. The van der Waals surface area contributed by atoms with E-state index in [0.717, 1.165) is 25.9 Å². The molecule has 1 aliphatic rings. The van der Waals surface area contributed by atoms with Crippen LogP contribution in [0.1, 0.15) is 30.1 Å². The van der Waals surface area contributed by atoms with Crippen molar-refractivity contribution in [3.8, 4) is 0 Å². The third-order valence-corrected chi connectivity index (χ3v) is 3.81. The summed E-state index contributed by atoms with van der Waals surface area (Å²) >= 11 is 0. The Labute approximate surface area is 125 Å². The Hall–Kier alpha value is -1.88. The Morgan fingerprint density at radius 2 is 1.86 bits per heavy atom. The van der Waals surface area contributed by atoms with E-state index in [2.05, 4.69) is 4.90 Å². The van der Waals surface area contributed by atoms with Crippen molar-refractivity contribution in [3.05, 3.63) is 29.8 Å². The molecule has 0 unspecified atom stereocenters. The van der Waals surface area contributed by atoms with Gasteiger partial charge in [-0.1, -0.05) is 0 Å². The number of benzene rings is 1. The predicted molar refractivity (Wildman–Crippen MR) is 81.0 cm³/mol. The Morgan fingerprint density at radius 3 is 2.43 bits per heavy atom. The molecule has 0 atom stereocenters. The van der Waals surface area contributed by atoms with Gasteiger partial charge in [0, 0.05) is 11.3 Å². The average molecular weight is 290 g/mol. The number of Topliss-reactive ketones (excluding diaryl/α,β-unsaturated/α-hetero) is 1. The van der Waals surface area contributed by atoms with E-state index in [9.17, 15) is 9.59 Å². The molecule has 0 radical (unpaired) electrons. The number of rotatable bonds is 5. The molecule has 1 aromatic carbocycles. The summed E-state index contributed by atoms with van der Waals surface area (Å²) in [6, 6.07) is 6.98. The number of piperidine rings is 1. The SMILES string of the molecule is CCOC(=O)C1CCN(CC(=O)c2ccc(N)cc2)CC1. The third-order valence-electron chi connectivity index (χ3n) is 3.81. The lowest BCUT2D eigenvalue weighted by molar-refractivity contribution is -0.149. The van der Waals surface area contributed by atoms with Gasteiger partial charge in [0.05, 0.1) is 19.1 Å². The Kier molecular flexibility index (Phi) is 5.33. The number of likely N-dealkylation sites (tertiary alicyclic amines) is 1. The van der Waals surface area contributed by atoms with Crippen molar-refractivity contribution in [2.75, 3.05) is 32.0 Å². The fourth-order valence-electron chi connectivity index (χ4n) is 2.55. The number of hydrogen-bond donors (Lipinski definition) is 1. The van der Waals surface area contributed by atoms with Crippen LogP contribution in [0, 0.1) is 5.92 Å². The van der Waals surface area contributed by atoms with E-state index in [1.807, 2.05) is 6.92 Å². The summed E-state index contributed by atoms with van der Waals surface area (Å²) in [5, 5.41) is 0. The van der Waals surface area contributed by atoms with Gasteiger partial charge in [-0.15, -0.1) is 0 Å². The first-order valence-corrected chi connectivity index (χ1v) is 7.38. The molecule has 1 saturated heterocycles. The van der Waals surface area contributed by atoms with E-state index in [4.69, 9.17) is 10.5 Å². The Bertz CT molecular complexity index is 491. The normalized spacial score (nSPS) is 16.6. The molecule has 0 bridgehead atoms. The summed E-state index contributed by atoms with van der Waals surface area (Å²) in [5.41, 5.74) is 6.95. The Balaban J connectivity index is 1.82. The van der Waals surface area contributed by atoms with Crippen LogP contribution in [0.4, 0.5) is 5.69 Å². The van der Waals surface area contributed by atoms with Gasteiger partial charge in [-0.2, -0.15) is 0 Å². The summed E-state index contributed by atoms with van der Waals surface area (Å²) < 4.78 is 5.04. The van der Waals surface area contributed by atoms with Crippen LogP contribution in [-0.2, 0) is 9.53 Å². The highest BCUT2D eigenvalue weighted by Gasteiger charge is 2.26. The number of nitrogens with zero attached hydrogens (tertiary/aromatic N) is 1. The zero-order chi connectivity index (χ0) is 15.2. The van der Waals surface area contributed by atoms with Crippen molar-refractivity contribution in [2.45, 2.75) is 19.8 Å². The van der Waals surface area contributed by atoms with Gasteiger partial charge in [0.25, 0.3) is 0 Å². The molecule has 1 aliphatic heterocycles. The Morgan fingerprint density at radius 1 is 1.24 bits per heavy atom. The van der Waals surface area contributed by atoms with Gasteiger partial charge < -0.3 is 10.5 Å². The third kappa shape index (κ3) is 4.29. The van der Waals surface area contributed by atoms with Gasteiger partial charge in [0.1, 0.15) is 0 Å². The van der Waals surface area contributed by atoms with Gasteiger partial charge >= 0.3 is 5.97 Å². The lowest BCUT2D eigenvalue weighted by atomic mass is 9.96. The first kappa shape index (κ1) is 15.5. The smallest absolute Gasteiger partial charge is 0.309 e. The van der Waals surface area contributed by atoms with E-state index < -0.39 is 0 Å². The molecule has 0 spiro atoms. The molecular formula is C16H22N2O3. The molecule has 0 aromatic heterocycles. The molecule has 1 aromatic rings. The molecule has 2 N–H and O–H groups in total. The first-order chi connectivity index (χ1) is 10.1. The van der Waals surface area contributed by atoms with Crippen LogP contribution in [0.5, 0.6) is 0 Å². The molecule has 0 aliphatic carbocycles. The monoisotopic (exact) mass is 290 g/mol. The maximum atomic E-state index is 12.2. The fourth-order valence-corrected chi connectivity index (χ4v) is 2.55. The van der Waals surface area contributed by atoms with Gasteiger partial charge in [-0.3, -0.25) is 14.5 Å². The minimum Gasteiger partial charge on any atom is -0.466 e. The molecule has 2 rings (SSSR count). The fraction of sp³-hybridized carbons (Fsp3) is 0.500. The van der Waals surface area contributed by atoms with E-state index in [1.54, 1.807) is 24.3 Å². The minimum absolute atomic E-state index is 0.0205. The van der Waals surface area contributed by atoms with E-state index in [-0.39, 0.29) is 17.7 Å². The minimum atomic E-state index is -0.109. The molecule has 21 heavy (non-hydrogen) atoms. The van der Waals surface area contributed by atoms with Crippen LogP contribution in [0.2, 0.25) is 0 Å². The predicted octanol–water partition coefficient (Wildman–Crippen LogP) is 1.73. The summed E-state index contributed by atoms with van der Waals surface area (Å²) in [6.07, 6.45) is 1.52. The standard InChI is InChI=1S/C16H22N2O3/c1-2-21-16(20)13-7-9-18(10-8-13)11-15(19)12-3-5-14(17)6-4-12/h3-6,13H,2,7-11,17H2,1H3. The number of esters is 1. The maximum absolute atomic E-state index is 12.2. The molecule has 0 saturated carbocycles. The molecule has 0 amide bonds. The molecule has 5 heteroatoms. The van der Waals surface area contributed by atoms with Crippen LogP contribution in [-0.4, -0.2) is 42.9 Å². The largest absolute Gasteiger partial charge is 0.466 e. The second-order valence-corrected chi connectivity index (χ2v) is 5.35. The second kappa shape index (κ2) is 7.22. The van der Waals surface area contributed by atoms with Crippen molar-refractivity contribution in [1.29, 1.82) is 0 Å². The molecule has 114 valence electrons. The van der Waals surface area contributed by atoms with Gasteiger partial charge in [-0.05, 0) is 57.1 Å². The van der Waals surface area contributed by atoms with Crippen molar-refractivity contribution < 1.29 is 14.3 Å². The number of carbonyl (C=O) groups excluding carboxylic acids is 2. The van der Waals surface area contributed by atoms with Gasteiger partial charge in [0.15, 0.2) is 5.78 Å². The van der Waals surface area contributed by atoms with Crippen LogP contribution in [0.25, 0.3) is 0 Å². The summed E-state index contributed by atoms with van der Waals surface area (Å²) in [6.45, 7) is 4.14. The summed E-state index contributed by atoms with van der Waals surface area (Å²) in [5.74, 6) is -0.0422. The highest BCUT2D eigenvalue weighted by Crippen LogP contribution is 2.19. The van der Waals surface area contributed by atoms with Gasteiger partial charge in [-0.25, -0.2) is 0 Å². The van der Waals surface area contributed by atoms with Crippen LogP contribution < -0.4 is 5.73 Å². The highest BCUT2D eigenvalue weighted by molar-refractivity contribution is 5.97. The number of carbonyl (C=O) groups is 2. The summed E-state index contributed by atoms with van der Waals surface area (Å²) in [7, 11) is 0. The molecule has 1 fully saturated rings. The van der Waals surface area contributed by atoms with Crippen LogP contribution in [0.3, 0.4) is 0 Å². The highest BCUT2D eigenvalue weighted by atomic mass is 16.5. The van der Waals surface area contributed by atoms with E-state index in [0.29, 0.717) is 24.4 Å². The van der Waals surface area contributed by atoms with Crippen LogP contribution >= 0.6 is 0 Å². The number of ketones is 1. The van der Waals surface area contributed by atoms with Crippen molar-refractivity contribution in [1.82, 2.24) is 4.90 Å². The number of hydrogen-bond acceptors (Lipinski definition) is 5. The zero-order valence-corrected chi connectivity index (χ0v) is 12.4. The number of anilines is 1. The van der Waals surface area contributed by atoms with E-state index >= 15 is 0 Å². The van der Waals surface area contributed by atoms with Crippen molar-refractivity contribution in [2.24, 2.45) is 5.92 Å². The van der Waals surface area contributed by atoms with Crippen LogP contribution in [0.15, 0.2) is 24.3 Å².